The number of rotatable bonds is 8. The van der Waals surface area contributed by atoms with Crippen molar-refractivity contribution in [1.82, 2.24) is 15.5 Å². The Kier molecular flexibility index (Phi) is 5.91. The van der Waals surface area contributed by atoms with Crippen molar-refractivity contribution in [3.05, 3.63) is 30.0 Å². The summed E-state index contributed by atoms with van der Waals surface area (Å²) in [5.41, 5.74) is 1.62. The zero-order chi connectivity index (χ0) is 15.9. The summed E-state index contributed by atoms with van der Waals surface area (Å²) >= 11 is 0. The molecule has 1 heterocycles. The van der Waals surface area contributed by atoms with Gasteiger partial charge in [-0.1, -0.05) is 32.0 Å². The van der Waals surface area contributed by atoms with E-state index < -0.39 is 6.10 Å². The Labute approximate surface area is 129 Å². The van der Waals surface area contributed by atoms with Crippen molar-refractivity contribution < 1.29 is 14.6 Å². The van der Waals surface area contributed by atoms with Gasteiger partial charge < -0.3 is 15.2 Å². The van der Waals surface area contributed by atoms with Gasteiger partial charge in [0.2, 0.25) is 5.91 Å². The Morgan fingerprint density at radius 2 is 2.14 bits per heavy atom. The molecule has 2 aromatic rings. The van der Waals surface area contributed by atoms with Gasteiger partial charge in [0.05, 0.1) is 30.3 Å². The van der Waals surface area contributed by atoms with Crippen molar-refractivity contribution in [2.24, 2.45) is 5.92 Å². The molecule has 1 aromatic carbocycles. The Morgan fingerprint density at radius 3 is 2.91 bits per heavy atom. The Hall–Kier alpha value is -1.92. The molecule has 0 aliphatic heterocycles. The van der Waals surface area contributed by atoms with E-state index in [0.717, 1.165) is 16.6 Å². The molecule has 1 atom stereocenters. The number of carbonyl (C=O) groups excluding carboxylic acids is 1. The van der Waals surface area contributed by atoms with Gasteiger partial charge in [0.25, 0.3) is 0 Å². The highest BCUT2D eigenvalue weighted by atomic mass is 16.5. The van der Waals surface area contributed by atoms with Crippen LogP contribution in [-0.4, -0.2) is 47.1 Å². The fourth-order valence-corrected chi connectivity index (χ4v) is 2.10. The van der Waals surface area contributed by atoms with Gasteiger partial charge in [-0.05, 0) is 12.0 Å². The highest BCUT2D eigenvalue weighted by molar-refractivity contribution is 5.87. The number of hydrogen-bond acceptors (Lipinski definition) is 4. The predicted molar refractivity (Wildman–Crippen MR) is 84.5 cm³/mol. The molecule has 0 spiro atoms. The minimum Gasteiger partial charge on any atom is -0.389 e. The molecule has 0 bridgehead atoms. The van der Waals surface area contributed by atoms with E-state index in [4.69, 9.17) is 4.74 Å². The summed E-state index contributed by atoms with van der Waals surface area (Å²) in [6, 6.07) is 7.63. The van der Waals surface area contributed by atoms with Gasteiger partial charge >= 0.3 is 0 Å². The third kappa shape index (κ3) is 4.82. The first-order valence-electron chi connectivity index (χ1n) is 7.50. The SMILES string of the molecule is CC(C)COCC(O)CNC(=O)Cc1[nH]nc2ccccc12. The van der Waals surface area contributed by atoms with Crippen LogP contribution in [0.5, 0.6) is 0 Å². The van der Waals surface area contributed by atoms with Crippen LogP contribution in [0, 0.1) is 5.92 Å². The van der Waals surface area contributed by atoms with Crippen LogP contribution in [0.2, 0.25) is 0 Å². The smallest absolute Gasteiger partial charge is 0.226 e. The molecule has 2 rings (SSSR count). The number of hydrogen-bond donors (Lipinski definition) is 3. The van der Waals surface area contributed by atoms with Gasteiger partial charge in [0.1, 0.15) is 0 Å². The molecule has 0 fully saturated rings. The molecular formula is C16H23N3O3. The molecule has 0 aliphatic rings. The Bertz CT molecular complexity index is 609. The molecule has 22 heavy (non-hydrogen) atoms. The Morgan fingerprint density at radius 1 is 1.36 bits per heavy atom. The van der Waals surface area contributed by atoms with Crippen molar-refractivity contribution in [3.63, 3.8) is 0 Å². The third-order valence-corrected chi connectivity index (χ3v) is 3.17. The van der Waals surface area contributed by atoms with Crippen LogP contribution in [0.15, 0.2) is 24.3 Å². The fourth-order valence-electron chi connectivity index (χ4n) is 2.10. The summed E-state index contributed by atoms with van der Waals surface area (Å²) in [7, 11) is 0. The van der Waals surface area contributed by atoms with Crippen LogP contribution in [-0.2, 0) is 16.0 Å². The average Bonchev–Trinajstić information content (AvgIpc) is 2.88. The molecule has 6 nitrogen and oxygen atoms in total. The second-order valence-corrected chi connectivity index (χ2v) is 5.79. The van der Waals surface area contributed by atoms with Gasteiger partial charge in [-0.3, -0.25) is 9.89 Å². The Balaban J connectivity index is 1.76. The van der Waals surface area contributed by atoms with Crippen molar-refractivity contribution in [1.29, 1.82) is 0 Å². The minimum absolute atomic E-state index is 0.155. The molecule has 0 saturated heterocycles. The average molecular weight is 305 g/mol. The zero-order valence-electron chi connectivity index (χ0n) is 13.0. The van der Waals surface area contributed by atoms with Gasteiger partial charge in [0.15, 0.2) is 0 Å². The number of amides is 1. The number of carbonyl (C=O) groups is 1. The number of ether oxygens (including phenoxy) is 1. The molecule has 0 saturated carbocycles. The highest BCUT2D eigenvalue weighted by Crippen LogP contribution is 2.15. The van der Waals surface area contributed by atoms with Crippen LogP contribution in [0.4, 0.5) is 0 Å². The third-order valence-electron chi connectivity index (χ3n) is 3.17. The van der Waals surface area contributed by atoms with Crippen molar-refractivity contribution in [3.8, 4) is 0 Å². The lowest BCUT2D eigenvalue weighted by atomic mass is 10.1. The topological polar surface area (TPSA) is 87.2 Å². The number of nitrogens with one attached hydrogen (secondary N) is 2. The molecular weight excluding hydrogens is 282 g/mol. The molecule has 0 aliphatic carbocycles. The normalized spacial score (nSPS) is 12.7. The molecule has 6 heteroatoms. The molecule has 120 valence electrons. The van der Waals surface area contributed by atoms with E-state index in [9.17, 15) is 9.90 Å². The molecule has 1 unspecified atom stereocenters. The molecule has 1 amide bonds. The predicted octanol–water partition coefficient (Wildman–Crippen LogP) is 1.26. The lowest BCUT2D eigenvalue weighted by molar-refractivity contribution is -0.121. The van der Waals surface area contributed by atoms with E-state index in [1.54, 1.807) is 0 Å². The van der Waals surface area contributed by atoms with E-state index in [-0.39, 0.29) is 25.5 Å². The van der Waals surface area contributed by atoms with Gasteiger partial charge in [-0.15, -0.1) is 0 Å². The number of benzene rings is 1. The fraction of sp³-hybridized carbons (Fsp3) is 0.500. The number of para-hydroxylation sites is 1. The van der Waals surface area contributed by atoms with Crippen molar-refractivity contribution >= 4 is 16.8 Å². The second-order valence-electron chi connectivity index (χ2n) is 5.79. The summed E-state index contributed by atoms with van der Waals surface area (Å²) in [6.07, 6.45) is -0.485. The maximum Gasteiger partial charge on any atom is 0.226 e. The maximum atomic E-state index is 11.9. The van der Waals surface area contributed by atoms with Crippen LogP contribution in [0.1, 0.15) is 19.5 Å². The lowest BCUT2D eigenvalue weighted by Gasteiger charge is -2.13. The van der Waals surface area contributed by atoms with E-state index in [2.05, 4.69) is 15.5 Å². The first-order valence-corrected chi connectivity index (χ1v) is 7.50. The number of aromatic nitrogens is 2. The number of aromatic amines is 1. The van der Waals surface area contributed by atoms with Crippen molar-refractivity contribution in [2.75, 3.05) is 19.8 Å². The minimum atomic E-state index is -0.693. The van der Waals surface area contributed by atoms with Crippen molar-refractivity contribution in [2.45, 2.75) is 26.4 Å². The van der Waals surface area contributed by atoms with Crippen LogP contribution < -0.4 is 5.32 Å². The maximum absolute atomic E-state index is 11.9. The summed E-state index contributed by atoms with van der Waals surface area (Å²) in [5, 5.41) is 20.4. The first kappa shape index (κ1) is 16.5. The van der Waals surface area contributed by atoms with Crippen LogP contribution >= 0.6 is 0 Å². The molecule has 3 N–H and O–H groups in total. The van der Waals surface area contributed by atoms with E-state index in [1.165, 1.54) is 0 Å². The van der Waals surface area contributed by atoms with Gasteiger partial charge in [0, 0.05) is 18.5 Å². The lowest BCUT2D eigenvalue weighted by Crippen LogP contribution is -2.35. The number of nitrogens with zero attached hydrogens (tertiary/aromatic N) is 1. The van der Waals surface area contributed by atoms with Crippen LogP contribution in [0.25, 0.3) is 10.9 Å². The van der Waals surface area contributed by atoms with E-state index in [1.807, 2.05) is 38.1 Å². The second kappa shape index (κ2) is 7.91. The van der Waals surface area contributed by atoms with Gasteiger partial charge in [-0.25, -0.2) is 0 Å². The molecule has 0 radical (unpaired) electrons. The summed E-state index contributed by atoms with van der Waals surface area (Å²) < 4.78 is 5.34. The largest absolute Gasteiger partial charge is 0.389 e. The number of fused-ring (bicyclic) bond motifs is 1. The van der Waals surface area contributed by atoms with E-state index >= 15 is 0 Å². The first-order chi connectivity index (χ1) is 10.6. The summed E-state index contributed by atoms with van der Waals surface area (Å²) in [6.45, 7) is 5.10. The van der Waals surface area contributed by atoms with Crippen LogP contribution in [0.3, 0.4) is 0 Å². The number of aliphatic hydroxyl groups excluding tert-OH is 1. The number of aliphatic hydroxyl groups is 1. The molecule has 1 aromatic heterocycles. The zero-order valence-corrected chi connectivity index (χ0v) is 13.0. The quantitative estimate of drug-likeness (QED) is 0.685. The monoisotopic (exact) mass is 305 g/mol. The standard InChI is InChI=1S/C16H23N3O3/c1-11(2)9-22-10-12(20)8-17-16(21)7-15-13-5-3-4-6-14(13)18-19-15/h3-6,11-12,20H,7-10H2,1-2H3,(H,17,21)(H,18,19). The van der Waals surface area contributed by atoms with Gasteiger partial charge in [-0.2, -0.15) is 5.10 Å². The number of H-pyrrole nitrogens is 1. The van der Waals surface area contributed by atoms with E-state index in [0.29, 0.717) is 12.5 Å². The highest BCUT2D eigenvalue weighted by Gasteiger charge is 2.11. The summed E-state index contributed by atoms with van der Waals surface area (Å²) in [4.78, 5) is 11.9. The summed E-state index contributed by atoms with van der Waals surface area (Å²) in [5.74, 6) is 0.271.